The molecule has 2 unspecified atom stereocenters. The van der Waals surface area contributed by atoms with Crippen LogP contribution in [0.5, 0.6) is 0 Å². The fraction of sp³-hybridized carbons (Fsp3) is 0.889. The van der Waals surface area contributed by atoms with Crippen molar-refractivity contribution < 1.29 is 4.79 Å². The SMILES string of the molecule is CSC(C)C(=O)NCC(N)C1CC1. The first-order valence-corrected chi connectivity index (χ1v) is 6.00. The number of nitrogens with one attached hydrogen (secondary N) is 1. The van der Waals surface area contributed by atoms with Gasteiger partial charge in [0.15, 0.2) is 0 Å². The third kappa shape index (κ3) is 3.56. The van der Waals surface area contributed by atoms with Crippen LogP contribution in [0.3, 0.4) is 0 Å². The minimum absolute atomic E-state index is 0.0337. The highest BCUT2D eigenvalue weighted by atomic mass is 32.2. The van der Waals surface area contributed by atoms with Gasteiger partial charge in [0.05, 0.1) is 5.25 Å². The number of hydrogen-bond acceptors (Lipinski definition) is 3. The van der Waals surface area contributed by atoms with Crippen molar-refractivity contribution in [3.8, 4) is 0 Å². The molecule has 76 valence electrons. The Hall–Kier alpha value is -0.220. The lowest BCUT2D eigenvalue weighted by Crippen LogP contribution is -2.41. The molecular formula is C9H18N2OS. The molecule has 0 radical (unpaired) electrons. The number of carbonyl (C=O) groups excluding carboxylic acids is 1. The van der Waals surface area contributed by atoms with Gasteiger partial charge in [0.2, 0.25) is 5.91 Å². The van der Waals surface area contributed by atoms with Crippen molar-refractivity contribution in [1.29, 1.82) is 0 Å². The molecule has 0 bridgehead atoms. The molecule has 2 atom stereocenters. The number of hydrogen-bond donors (Lipinski definition) is 2. The molecule has 1 rings (SSSR count). The molecule has 3 N–H and O–H groups in total. The summed E-state index contributed by atoms with van der Waals surface area (Å²) in [4.78, 5) is 11.3. The fourth-order valence-corrected chi connectivity index (χ4v) is 1.46. The molecule has 3 nitrogen and oxygen atoms in total. The van der Waals surface area contributed by atoms with Crippen LogP contribution < -0.4 is 11.1 Å². The lowest BCUT2D eigenvalue weighted by atomic mass is 10.2. The Kier molecular flexibility index (Phi) is 4.06. The van der Waals surface area contributed by atoms with Gasteiger partial charge in [-0.15, -0.1) is 0 Å². The summed E-state index contributed by atoms with van der Waals surface area (Å²) in [6.07, 6.45) is 4.40. The molecule has 1 aliphatic carbocycles. The summed E-state index contributed by atoms with van der Waals surface area (Å²) in [6.45, 7) is 2.54. The first-order valence-electron chi connectivity index (χ1n) is 4.71. The molecule has 4 heteroatoms. The summed E-state index contributed by atoms with van der Waals surface area (Å²) in [6, 6.07) is 0.165. The maximum absolute atomic E-state index is 11.3. The number of carbonyl (C=O) groups is 1. The summed E-state index contributed by atoms with van der Waals surface area (Å²) in [7, 11) is 0. The summed E-state index contributed by atoms with van der Waals surface area (Å²) in [5.41, 5.74) is 5.85. The molecule has 1 fully saturated rings. The Morgan fingerprint density at radius 2 is 2.31 bits per heavy atom. The molecule has 0 aromatic rings. The highest BCUT2D eigenvalue weighted by Gasteiger charge is 2.28. The zero-order valence-corrected chi connectivity index (χ0v) is 9.06. The first kappa shape index (κ1) is 10.9. The van der Waals surface area contributed by atoms with Gasteiger partial charge in [-0.25, -0.2) is 0 Å². The number of rotatable bonds is 5. The molecule has 0 saturated heterocycles. The van der Waals surface area contributed by atoms with Gasteiger partial charge in [-0.1, -0.05) is 0 Å². The highest BCUT2D eigenvalue weighted by Crippen LogP contribution is 2.31. The second-order valence-corrected chi connectivity index (χ2v) is 4.80. The maximum Gasteiger partial charge on any atom is 0.232 e. The molecule has 1 saturated carbocycles. The van der Waals surface area contributed by atoms with E-state index in [0.29, 0.717) is 12.5 Å². The normalized spacial score (nSPS) is 20.8. The lowest BCUT2D eigenvalue weighted by molar-refractivity contribution is -0.120. The molecule has 0 aliphatic heterocycles. The summed E-state index contributed by atoms with van der Waals surface area (Å²) in [5.74, 6) is 0.758. The predicted octanol–water partition coefficient (Wildman–Crippen LogP) is 0.591. The Morgan fingerprint density at radius 3 is 2.77 bits per heavy atom. The van der Waals surface area contributed by atoms with Crippen LogP contribution in [0.1, 0.15) is 19.8 Å². The monoisotopic (exact) mass is 202 g/mol. The lowest BCUT2D eigenvalue weighted by Gasteiger charge is -2.13. The summed E-state index contributed by atoms with van der Waals surface area (Å²) < 4.78 is 0. The van der Waals surface area contributed by atoms with Gasteiger partial charge in [0.1, 0.15) is 0 Å². The van der Waals surface area contributed by atoms with E-state index in [9.17, 15) is 4.79 Å². The van der Waals surface area contributed by atoms with Crippen molar-refractivity contribution in [2.75, 3.05) is 12.8 Å². The molecule has 0 spiro atoms. The standard InChI is InChI=1S/C9H18N2OS/c1-6(13-2)9(12)11-5-8(10)7-3-4-7/h6-8H,3-5,10H2,1-2H3,(H,11,12). The molecule has 0 heterocycles. The number of thioether (sulfide) groups is 1. The Labute approximate surface area is 83.8 Å². The van der Waals surface area contributed by atoms with E-state index in [1.54, 1.807) is 11.8 Å². The third-order valence-electron chi connectivity index (χ3n) is 2.46. The number of nitrogens with two attached hydrogens (primary N) is 1. The molecular weight excluding hydrogens is 184 g/mol. The van der Waals surface area contributed by atoms with E-state index in [4.69, 9.17) is 5.73 Å². The summed E-state index contributed by atoms with van der Waals surface area (Å²) >= 11 is 1.56. The molecule has 1 amide bonds. The first-order chi connectivity index (χ1) is 6.15. The molecule has 0 aromatic carbocycles. The fourth-order valence-electron chi connectivity index (χ4n) is 1.16. The predicted molar refractivity (Wildman–Crippen MR) is 56.7 cm³/mol. The van der Waals surface area contributed by atoms with Crippen LogP contribution >= 0.6 is 11.8 Å². The Morgan fingerprint density at radius 1 is 1.69 bits per heavy atom. The van der Waals surface area contributed by atoms with Crippen LogP contribution in [0.15, 0.2) is 0 Å². The largest absolute Gasteiger partial charge is 0.354 e. The zero-order chi connectivity index (χ0) is 9.84. The van der Waals surface area contributed by atoms with Gasteiger partial charge in [-0.3, -0.25) is 4.79 Å². The van der Waals surface area contributed by atoms with E-state index in [0.717, 1.165) is 0 Å². The van der Waals surface area contributed by atoms with E-state index >= 15 is 0 Å². The van der Waals surface area contributed by atoms with Gasteiger partial charge in [-0.2, -0.15) is 11.8 Å². The van der Waals surface area contributed by atoms with Crippen LogP contribution in [-0.2, 0) is 4.79 Å². The van der Waals surface area contributed by atoms with Gasteiger partial charge >= 0.3 is 0 Å². The van der Waals surface area contributed by atoms with E-state index in [1.165, 1.54) is 12.8 Å². The average molecular weight is 202 g/mol. The quantitative estimate of drug-likeness (QED) is 0.686. The van der Waals surface area contributed by atoms with E-state index in [1.807, 2.05) is 13.2 Å². The van der Waals surface area contributed by atoms with Crippen LogP contribution in [0.25, 0.3) is 0 Å². The van der Waals surface area contributed by atoms with Crippen molar-refractivity contribution >= 4 is 17.7 Å². The third-order valence-corrected chi connectivity index (χ3v) is 3.38. The van der Waals surface area contributed by atoms with E-state index < -0.39 is 0 Å². The number of amides is 1. The molecule has 13 heavy (non-hydrogen) atoms. The minimum Gasteiger partial charge on any atom is -0.354 e. The van der Waals surface area contributed by atoms with Gasteiger partial charge in [0, 0.05) is 12.6 Å². The molecule has 0 aromatic heterocycles. The van der Waals surface area contributed by atoms with Crippen molar-refractivity contribution in [2.45, 2.75) is 31.1 Å². The van der Waals surface area contributed by atoms with Crippen molar-refractivity contribution in [3.05, 3.63) is 0 Å². The van der Waals surface area contributed by atoms with Gasteiger partial charge < -0.3 is 11.1 Å². The van der Waals surface area contributed by atoms with Crippen molar-refractivity contribution in [3.63, 3.8) is 0 Å². The highest BCUT2D eigenvalue weighted by molar-refractivity contribution is 7.99. The van der Waals surface area contributed by atoms with Gasteiger partial charge in [-0.05, 0) is 31.9 Å². The Balaban J connectivity index is 2.13. The van der Waals surface area contributed by atoms with Crippen LogP contribution in [0, 0.1) is 5.92 Å². The van der Waals surface area contributed by atoms with Crippen molar-refractivity contribution in [2.24, 2.45) is 11.7 Å². The second-order valence-electron chi connectivity index (χ2n) is 3.62. The van der Waals surface area contributed by atoms with Crippen LogP contribution in [-0.4, -0.2) is 30.0 Å². The van der Waals surface area contributed by atoms with E-state index in [2.05, 4.69) is 5.32 Å². The van der Waals surface area contributed by atoms with Crippen LogP contribution in [0.2, 0.25) is 0 Å². The van der Waals surface area contributed by atoms with Gasteiger partial charge in [0.25, 0.3) is 0 Å². The smallest absolute Gasteiger partial charge is 0.232 e. The van der Waals surface area contributed by atoms with Crippen LogP contribution in [0.4, 0.5) is 0 Å². The molecule has 1 aliphatic rings. The second kappa shape index (κ2) is 4.86. The topological polar surface area (TPSA) is 55.1 Å². The zero-order valence-electron chi connectivity index (χ0n) is 8.25. The Bertz CT molecular complexity index is 182. The minimum atomic E-state index is 0.0337. The van der Waals surface area contributed by atoms with Crippen molar-refractivity contribution in [1.82, 2.24) is 5.32 Å². The van der Waals surface area contributed by atoms with E-state index in [-0.39, 0.29) is 17.2 Å². The maximum atomic E-state index is 11.3. The average Bonchev–Trinajstić information content (AvgIpc) is 2.95. The summed E-state index contributed by atoms with van der Waals surface area (Å²) in [5, 5.41) is 2.90.